The molecule has 0 saturated heterocycles. The number of fused-ring (bicyclic) bond motifs is 1. The molecule has 1 amide bonds. The van der Waals surface area contributed by atoms with Gasteiger partial charge in [0.25, 0.3) is 5.91 Å². The van der Waals surface area contributed by atoms with Gasteiger partial charge in [0.2, 0.25) is 0 Å². The normalized spacial score (nSPS) is 11.1. The Morgan fingerprint density at radius 3 is 2.70 bits per heavy atom. The van der Waals surface area contributed by atoms with Gasteiger partial charge in [-0.25, -0.2) is 14.4 Å². The van der Waals surface area contributed by atoms with Crippen LogP contribution in [0.2, 0.25) is 0 Å². The van der Waals surface area contributed by atoms with Gasteiger partial charge >= 0.3 is 0 Å². The van der Waals surface area contributed by atoms with E-state index in [4.69, 9.17) is 0 Å². The monoisotopic (exact) mass is 418 g/mol. The van der Waals surface area contributed by atoms with Crippen LogP contribution in [0.5, 0.6) is 0 Å². The van der Waals surface area contributed by atoms with Crippen LogP contribution in [0, 0.1) is 12.7 Å². The Morgan fingerprint density at radius 2 is 1.97 bits per heavy atom. The lowest BCUT2D eigenvalue weighted by molar-refractivity contribution is 0.102. The summed E-state index contributed by atoms with van der Waals surface area (Å²) < 4.78 is 16.7. The molecular formula is C21H15FN6OS. The second-order valence-electron chi connectivity index (χ2n) is 6.70. The number of halogens is 1. The second kappa shape index (κ2) is 7.20. The summed E-state index contributed by atoms with van der Waals surface area (Å²) in [6.45, 7) is 1.89. The average molecular weight is 418 g/mol. The first-order valence-corrected chi connectivity index (χ1v) is 9.90. The molecule has 1 aromatic carbocycles. The zero-order chi connectivity index (χ0) is 20.7. The zero-order valence-electron chi connectivity index (χ0n) is 15.8. The molecule has 0 aliphatic heterocycles. The quantitative estimate of drug-likeness (QED) is 0.448. The molecule has 5 aromatic rings. The van der Waals surface area contributed by atoms with Gasteiger partial charge in [-0.2, -0.15) is 5.10 Å². The van der Waals surface area contributed by atoms with Gasteiger partial charge < -0.3 is 0 Å². The number of aryl methyl sites for hydroxylation is 1. The minimum Gasteiger partial charge on any atom is -0.299 e. The molecule has 2 N–H and O–H groups in total. The molecule has 0 atom stereocenters. The third-order valence-corrected chi connectivity index (χ3v) is 5.52. The van der Waals surface area contributed by atoms with Gasteiger partial charge in [-0.15, -0.1) is 11.3 Å². The summed E-state index contributed by atoms with van der Waals surface area (Å²) in [5, 5.41) is 9.84. The number of amides is 1. The molecule has 0 fully saturated rings. The lowest BCUT2D eigenvalue weighted by Crippen LogP contribution is -2.13. The summed E-state index contributed by atoms with van der Waals surface area (Å²) in [5.74, 6) is -1.15. The van der Waals surface area contributed by atoms with E-state index in [0.717, 1.165) is 27.3 Å². The molecule has 0 unspecified atom stereocenters. The summed E-state index contributed by atoms with van der Waals surface area (Å²) >= 11 is 1.34. The maximum atomic E-state index is 14.8. The van der Waals surface area contributed by atoms with Crippen LogP contribution in [-0.4, -0.2) is 30.5 Å². The highest BCUT2D eigenvalue weighted by atomic mass is 32.1. The van der Waals surface area contributed by atoms with Gasteiger partial charge in [0.1, 0.15) is 11.5 Å². The number of aromatic amines is 1. The van der Waals surface area contributed by atoms with Gasteiger partial charge in [0.05, 0.1) is 23.7 Å². The van der Waals surface area contributed by atoms with Crippen LogP contribution >= 0.6 is 11.3 Å². The lowest BCUT2D eigenvalue weighted by Gasteiger charge is -2.07. The fourth-order valence-corrected chi connectivity index (χ4v) is 3.87. The number of aromatic nitrogens is 5. The van der Waals surface area contributed by atoms with Crippen molar-refractivity contribution in [3.05, 3.63) is 77.6 Å². The third-order valence-electron chi connectivity index (χ3n) is 4.69. The molecule has 7 nitrogen and oxygen atoms in total. The van der Waals surface area contributed by atoms with Gasteiger partial charge in [0, 0.05) is 40.2 Å². The molecule has 0 bridgehead atoms. The molecule has 0 spiro atoms. The number of nitrogens with one attached hydrogen (secondary N) is 2. The Labute approximate surface area is 174 Å². The minimum absolute atomic E-state index is 0.0421. The molecule has 0 saturated carbocycles. The van der Waals surface area contributed by atoms with Crippen molar-refractivity contribution in [2.24, 2.45) is 0 Å². The van der Waals surface area contributed by atoms with Gasteiger partial charge in [-0.05, 0) is 31.2 Å². The number of rotatable bonds is 4. The van der Waals surface area contributed by atoms with Crippen LogP contribution in [0.1, 0.15) is 15.2 Å². The number of H-pyrrole nitrogens is 1. The average Bonchev–Trinajstić information content (AvgIpc) is 3.48. The Hall–Kier alpha value is -3.85. The largest absolute Gasteiger partial charge is 0.299 e. The fraction of sp³-hybridized carbons (Fsp3) is 0.0476. The predicted octanol–water partition coefficient (Wildman–Crippen LogP) is 4.55. The zero-order valence-corrected chi connectivity index (χ0v) is 16.6. The van der Waals surface area contributed by atoms with Gasteiger partial charge in [0.15, 0.2) is 5.13 Å². The van der Waals surface area contributed by atoms with Crippen molar-refractivity contribution < 1.29 is 9.18 Å². The maximum Gasteiger partial charge on any atom is 0.260 e. The highest BCUT2D eigenvalue weighted by Gasteiger charge is 2.16. The molecule has 0 radical (unpaired) electrons. The Balaban J connectivity index is 1.49. The number of carbonyl (C=O) groups is 1. The molecule has 148 valence electrons. The molecule has 30 heavy (non-hydrogen) atoms. The topological polar surface area (TPSA) is 88.0 Å². The van der Waals surface area contributed by atoms with Crippen LogP contribution in [0.3, 0.4) is 0 Å². The highest BCUT2D eigenvalue weighted by Crippen LogP contribution is 2.26. The summed E-state index contributed by atoms with van der Waals surface area (Å²) in [6.07, 6.45) is 8.79. The number of nitrogens with zero attached hydrogens (tertiary/aromatic N) is 4. The highest BCUT2D eigenvalue weighted by molar-refractivity contribution is 7.15. The number of benzene rings is 1. The van der Waals surface area contributed by atoms with Crippen LogP contribution in [0.15, 0.2) is 61.3 Å². The van der Waals surface area contributed by atoms with E-state index in [1.54, 1.807) is 30.9 Å². The van der Waals surface area contributed by atoms with E-state index in [1.165, 1.54) is 23.5 Å². The van der Waals surface area contributed by atoms with Gasteiger partial charge in [-0.3, -0.25) is 19.6 Å². The van der Waals surface area contributed by atoms with Crippen molar-refractivity contribution in [1.82, 2.24) is 24.6 Å². The summed E-state index contributed by atoms with van der Waals surface area (Å²) in [7, 11) is 0. The number of thiazole rings is 1. The van der Waals surface area contributed by atoms with Crippen LogP contribution in [0.4, 0.5) is 9.52 Å². The van der Waals surface area contributed by atoms with Crippen LogP contribution < -0.4 is 5.32 Å². The molecule has 0 aliphatic carbocycles. The van der Waals surface area contributed by atoms with E-state index in [-0.39, 0.29) is 5.56 Å². The minimum atomic E-state index is -0.612. The second-order valence-corrected chi connectivity index (χ2v) is 7.94. The molecular weight excluding hydrogens is 403 g/mol. The Kier molecular flexibility index (Phi) is 4.36. The summed E-state index contributed by atoms with van der Waals surface area (Å²) in [5.41, 5.74) is 3.92. The number of hydrogen-bond donors (Lipinski definition) is 2. The third kappa shape index (κ3) is 3.25. The smallest absolute Gasteiger partial charge is 0.260 e. The van der Waals surface area contributed by atoms with Gasteiger partial charge in [-0.1, -0.05) is 6.07 Å². The Bertz CT molecular complexity index is 1370. The van der Waals surface area contributed by atoms with E-state index in [2.05, 4.69) is 25.5 Å². The first-order valence-electron chi connectivity index (χ1n) is 9.08. The van der Waals surface area contributed by atoms with Crippen molar-refractivity contribution in [1.29, 1.82) is 0 Å². The Morgan fingerprint density at radius 1 is 1.10 bits per heavy atom. The number of anilines is 1. The predicted molar refractivity (Wildman–Crippen MR) is 113 cm³/mol. The number of hydrogen-bond acceptors (Lipinski definition) is 5. The van der Waals surface area contributed by atoms with Crippen LogP contribution in [0.25, 0.3) is 28.0 Å². The van der Waals surface area contributed by atoms with Crippen LogP contribution in [-0.2, 0) is 0 Å². The number of pyridine rings is 1. The van der Waals surface area contributed by atoms with E-state index in [1.807, 2.05) is 29.7 Å². The van der Waals surface area contributed by atoms with Crippen molar-refractivity contribution in [3.8, 4) is 22.4 Å². The maximum absolute atomic E-state index is 14.8. The first-order chi connectivity index (χ1) is 14.6. The molecule has 4 aromatic heterocycles. The summed E-state index contributed by atoms with van der Waals surface area (Å²) in [6, 6.07) is 8.36. The standard InChI is InChI=1S/C21H15FN6OS/c1-12-7-24-21(30-12)27-20(29)16-4-2-13(6-17(16)22)18-10-23-19-5-3-14(11-28(18)19)15-8-25-26-9-15/h2-11H,1H3,(H,25,26)(H,24,27,29). The fourth-order valence-electron chi connectivity index (χ4n) is 3.21. The van der Waals surface area contributed by atoms with E-state index < -0.39 is 11.7 Å². The SMILES string of the molecule is Cc1cnc(NC(=O)c2ccc(-c3cnc4ccc(-c5cn[nH]c5)cn34)cc2F)s1. The summed E-state index contributed by atoms with van der Waals surface area (Å²) in [4.78, 5) is 21.9. The first kappa shape index (κ1) is 18.2. The van der Waals surface area contributed by atoms with Crippen molar-refractivity contribution >= 4 is 28.0 Å². The molecule has 0 aliphatic rings. The molecule has 9 heteroatoms. The molecule has 5 rings (SSSR count). The molecule has 4 heterocycles. The van der Waals surface area contributed by atoms with Crippen molar-refractivity contribution in [2.75, 3.05) is 5.32 Å². The number of imidazole rings is 1. The van der Waals surface area contributed by atoms with Crippen molar-refractivity contribution in [2.45, 2.75) is 6.92 Å². The number of carbonyl (C=O) groups excluding carboxylic acids is 1. The lowest BCUT2D eigenvalue weighted by atomic mass is 10.1. The van der Waals surface area contributed by atoms with E-state index in [0.29, 0.717) is 10.7 Å². The van der Waals surface area contributed by atoms with Crippen molar-refractivity contribution in [3.63, 3.8) is 0 Å². The van der Waals surface area contributed by atoms with E-state index >= 15 is 0 Å². The van der Waals surface area contributed by atoms with E-state index in [9.17, 15) is 9.18 Å².